The minimum absolute atomic E-state index is 0.0991. The number of hydrogen-bond donors (Lipinski definition) is 0. The first kappa shape index (κ1) is 16.6. The van der Waals surface area contributed by atoms with E-state index in [1.165, 1.54) is 27.5 Å². The lowest BCUT2D eigenvalue weighted by molar-refractivity contribution is -0.120. The number of benzene rings is 3. The van der Waals surface area contributed by atoms with Crippen LogP contribution in [-0.4, -0.2) is 5.91 Å². The highest BCUT2D eigenvalue weighted by Gasteiger charge is 2.59. The van der Waals surface area contributed by atoms with Crippen molar-refractivity contribution in [1.82, 2.24) is 0 Å². The summed E-state index contributed by atoms with van der Waals surface area (Å²) in [6.45, 7) is 2.07. The molecule has 0 saturated carbocycles. The third-order valence-corrected chi connectivity index (χ3v) is 6.70. The van der Waals surface area contributed by atoms with E-state index in [9.17, 15) is 4.79 Å². The van der Waals surface area contributed by atoms with Crippen LogP contribution in [0.25, 0.3) is 10.8 Å². The van der Waals surface area contributed by atoms with Gasteiger partial charge in [0, 0.05) is 11.4 Å². The van der Waals surface area contributed by atoms with Gasteiger partial charge in [-0.05, 0) is 59.5 Å². The molecule has 2 nitrogen and oxygen atoms in total. The fourth-order valence-electron chi connectivity index (χ4n) is 5.35. The van der Waals surface area contributed by atoms with E-state index in [0.717, 1.165) is 17.8 Å². The minimum atomic E-state index is -0.398. The normalized spacial score (nSPS) is 24.3. The Morgan fingerprint density at radius 1 is 0.931 bits per heavy atom. The molecule has 2 unspecified atom stereocenters. The Kier molecular flexibility index (Phi) is 3.31. The Morgan fingerprint density at radius 2 is 1.69 bits per heavy atom. The first-order valence-corrected chi connectivity index (χ1v) is 10.2. The van der Waals surface area contributed by atoms with Crippen LogP contribution in [0.2, 0.25) is 0 Å². The van der Waals surface area contributed by atoms with Crippen LogP contribution in [0, 0.1) is 12.8 Å². The number of amides is 1. The summed E-state index contributed by atoms with van der Waals surface area (Å²) in [5, 5.41) is 2.47. The van der Waals surface area contributed by atoms with Gasteiger partial charge in [0.15, 0.2) is 0 Å². The second-order valence-electron chi connectivity index (χ2n) is 8.29. The molecule has 0 radical (unpaired) electrons. The van der Waals surface area contributed by atoms with Crippen molar-refractivity contribution in [3.05, 3.63) is 113 Å². The Morgan fingerprint density at radius 3 is 2.48 bits per heavy atom. The van der Waals surface area contributed by atoms with E-state index < -0.39 is 5.41 Å². The Balaban J connectivity index is 1.61. The molecule has 6 rings (SSSR count). The SMILES string of the molecule is Cc1ccc(N2C(=O)C3Cc4cc5ccccc5cc4C34C=CC=CC=C24)cc1. The molecule has 140 valence electrons. The fourth-order valence-corrected chi connectivity index (χ4v) is 5.35. The lowest BCUT2D eigenvalue weighted by atomic mass is 9.74. The topological polar surface area (TPSA) is 20.3 Å². The zero-order chi connectivity index (χ0) is 19.6. The molecule has 0 aromatic heterocycles. The quantitative estimate of drug-likeness (QED) is 0.541. The van der Waals surface area contributed by atoms with E-state index >= 15 is 0 Å². The van der Waals surface area contributed by atoms with Gasteiger partial charge in [-0.2, -0.15) is 0 Å². The maximum absolute atomic E-state index is 13.7. The van der Waals surface area contributed by atoms with Gasteiger partial charge in [-0.3, -0.25) is 9.69 Å². The molecule has 1 fully saturated rings. The second-order valence-corrected chi connectivity index (χ2v) is 8.29. The lowest BCUT2D eigenvalue weighted by Crippen LogP contribution is -2.28. The molecule has 2 atom stereocenters. The summed E-state index contributed by atoms with van der Waals surface area (Å²) in [5.41, 5.74) is 5.38. The molecule has 1 saturated heterocycles. The van der Waals surface area contributed by atoms with Gasteiger partial charge in [0.25, 0.3) is 0 Å². The smallest absolute Gasteiger partial charge is 0.236 e. The highest BCUT2D eigenvalue weighted by Crippen LogP contribution is 2.57. The summed E-state index contributed by atoms with van der Waals surface area (Å²) in [4.78, 5) is 15.7. The molecular formula is C27H21NO. The standard InChI is InChI=1S/C27H21NO/c1-18-10-12-22(13-11-18)28-25-9-3-2-6-14-27(25)23-16-20-8-5-4-7-19(20)15-21(23)17-24(27)26(28)29/h2-16,24H,17H2,1H3. The predicted octanol–water partition coefficient (Wildman–Crippen LogP) is 5.62. The summed E-state index contributed by atoms with van der Waals surface area (Å²) < 4.78 is 0. The van der Waals surface area contributed by atoms with Crippen LogP contribution in [0.4, 0.5) is 5.69 Å². The average molecular weight is 375 g/mol. The van der Waals surface area contributed by atoms with E-state index in [1.807, 2.05) is 4.90 Å². The van der Waals surface area contributed by atoms with Crippen molar-refractivity contribution < 1.29 is 4.79 Å². The van der Waals surface area contributed by atoms with Gasteiger partial charge in [-0.1, -0.05) is 72.3 Å². The first-order valence-electron chi connectivity index (χ1n) is 10.2. The van der Waals surface area contributed by atoms with E-state index in [0.29, 0.717) is 0 Å². The van der Waals surface area contributed by atoms with Crippen LogP contribution in [0.15, 0.2) is 96.7 Å². The monoisotopic (exact) mass is 375 g/mol. The molecule has 0 bridgehead atoms. The molecule has 2 heteroatoms. The Bertz CT molecular complexity index is 1260. The fraction of sp³-hybridized carbons (Fsp3) is 0.148. The average Bonchev–Trinajstić information content (AvgIpc) is 3.04. The number of allylic oxidation sites excluding steroid dienone is 5. The van der Waals surface area contributed by atoms with Crippen LogP contribution in [-0.2, 0) is 16.6 Å². The van der Waals surface area contributed by atoms with Crippen molar-refractivity contribution in [2.75, 3.05) is 4.90 Å². The van der Waals surface area contributed by atoms with Gasteiger partial charge in [0.05, 0.1) is 11.3 Å². The molecular weight excluding hydrogens is 354 g/mol. The molecule has 1 heterocycles. The van der Waals surface area contributed by atoms with E-state index in [4.69, 9.17) is 0 Å². The molecule has 1 amide bonds. The minimum Gasteiger partial charge on any atom is -0.283 e. The third kappa shape index (κ3) is 2.14. The highest BCUT2D eigenvalue weighted by molar-refractivity contribution is 6.06. The van der Waals surface area contributed by atoms with Gasteiger partial charge < -0.3 is 0 Å². The van der Waals surface area contributed by atoms with Crippen molar-refractivity contribution >= 4 is 22.4 Å². The van der Waals surface area contributed by atoms with Crippen molar-refractivity contribution in [3.63, 3.8) is 0 Å². The van der Waals surface area contributed by atoms with Crippen LogP contribution in [0.3, 0.4) is 0 Å². The molecule has 2 aliphatic carbocycles. The molecule has 3 aromatic rings. The molecule has 3 aromatic carbocycles. The number of carbonyl (C=O) groups excluding carboxylic acids is 1. The summed E-state index contributed by atoms with van der Waals surface area (Å²) in [6.07, 6.45) is 11.4. The van der Waals surface area contributed by atoms with E-state index in [-0.39, 0.29) is 11.8 Å². The number of fused-ring (bicyclic) bond motifs is 2. The van der Waals surface area contributed by atoms with Crippen molar-refractivity contribution in [3.8, 4) is 0 Å². The molecule has 1 spiro atoms. The summed E-state index contributed by atoms with van der Waals surface area (Å²) in [6, 6.07) is 21.3. The van der Waals surface area contributed by atoms with Gasteiger partial charge in [-0.15, -0.1) is 0 Å². The Hall–Kier alpha value is -3.39. The summed E-state index contributed by atoms with van der Waals surface area (Å²) in [7, 11) is 0. The first-order chi connectivity index (χ1) is 14.2. The lowest BCUT2D eigenvalue weighted by Gasteiger charge is -2.29. The second kappa shape index (κ2) is 5.81. The van der Waals surface area contributed by atoms with E-state index in [2.05, 4.69) is 98.0 Å². The summed E-state index contributed by atoms with van der Waals surface area (Å²) in [5.74, 6) is 0.0957. The molecule has 1 aliphatic heterocycles. The zero-order valence-corrected chi connectivity index (χ0v) is 16.3. The Labute approximate surface area is 170 Å². The van der Waals surface area contributed by atoms with Gasteiger partial charge in [0.2, 0.25) is 5.91 Å². The van der Waals surface area contributed by atoms with Gasteiger partial charge in [-0.25, -0.2) is 0 Å². The van der Waals surface area contributed by atoms with E-state index in [1.54, 1.807) is 0 Å². The van der Waals surface area contributed by atoms with Crippen LogP contribution < -0.4 is 4.90 Å². The predicted molar refractivity (Wildman–Crippen MR) is 118 cm³/mol. The number of rotatable bonds is 1. The number of anilines is 1. The maximum atomic E-state index is 13.7. The largest absolute Gasteiger partial charge is 0.283 e. The van der Waals surface area contributed by atoms with Gasteiger partial charge >= 0.3 is 0 Å². The zero-order valence-electron chi connectivity index (χ0n) is 16.3. The van der Waals surface area contributed by atoms with Crippen molar-refractivity contribution in [1.29, 1.82) is 0 Å². The molecule has 0 N–H and O–H groups in total. The van der Waals surface area contributed by atoms with Crippen molar-refractivity contribution in [2.45, 2.75) is 18.8 Å². The number of nitrogens with zero attached hydrogens (tertiary/aromatic N) is 1. The number of aryl methyl sites for hydroxylation is 1. The van der Waals surface area contributed by atoms with Crippen LogP contribution in [0.1, 0.15) is 16.7 Å². The molecule has 29 heavy (non-hydrogen) atoms. The summed E-state index contributed by atoms with van der Waals surface area (Å²) >= 11 is 0. The third-order valence-electron chi connectivity index (χ3n) is 6.70. The van der Waals surface area contributed by atoms with Crippen molar-refractivity contribution in [2.24, 2.45) is 5.92 Å². The molecule has 3 aliphatic rings. The number of carbonyl (C=O) groups is 1. The maximum Gasteiger partial charge on any atom is 0.236 e. The van der Waals surface area contributed by atoms with Gasteiger partial charge in [0.1, 0.15) is 0 Å². The number of hydrogen-bond acceptors (Lipinski definition) is 1. The van der Waals surface area contributed by atoms with Crippen LogP contribution >= 0.6 is 0 Å². The van der Waals surface area contributed by atoms with Crippen LogP contribution in [0.5, 0.6) is 0 Å². The highest BCUT2D eigenvalue weighted by atomic mass is 16.2.